The van der Waals surface area contributed by atoms with Crippen LogP contribution in [0.15, 0.2) is 0 Å². The van der Waals surface area contributed by atoms with Crippen LogP contribution < -0.4 is 0 Å². The van der Waals surface area contributed by atoms with E-state index in [4.69, 9.17) is 4.74 Å². The Labute approximate surface area is 113 Å². The molecular formula is C15H31NO2. The largest absolute Gasteiger partial charge is 0.393 e. The molecule has 0 saturated heterocycles. The van der Waals surface area contributed by atoms with E-state index in [1.807, 2.05) is 6.92 Å². The van der Waals surface area contributed by atoms with Crippen molar-refractivity contribution in [2.75, 3.05) is 32.8 Å². The number of aliphatic hydroxyl groups excluding tert-OH is 1. The summed E-state index contributed by atoms with van der Waals surface area (Å²) in [6.07, 6.45) is 2.10. The summed E-state index contributed by atoms with van der Waals surface area (Å²) in [5, 5.41) is 10.3. The Balaban J connectivity index is 2.42. The minimum Gasteiger partial charge on any atom is -0.393 e. The van der Waals surface area contributed by atoms with Gasteiger partial charge in [-0.05, 0) is 38.1 Å². The van der Waals surface area contributed by atoms with Crippen molar-refractivity contribution < 1.29 is 9.84 Å². The van der Waals surface area contributed by atoms with Crippen LogP contribution >= 0.6 is 0 Å². The first-order valence-corrected chi connectivity index (χ1v) is 7.56. The highest BCUT2D eigenvalue weighted by atomic mass is 16.5. The standard InChI is InChI=1S/C15H31NO2/c1-5-16(7-8-18-6-2)11-14-13(4)9-12(3)10-15(14)17/h12-15,17H,5-11H2,1-4H3. The van der Waals surface area contributed by atoms with Gasteiger partial charge in [0, 0.05) is 25.6 Å². The molecule has 18 heavy (non-hydrogen) atoms. The second kappa shape index (κ2) is 8.13. The molecule has 108 valence electrons. The molecule has 1 N–H and O–H groups in total. The predicted molar refractivity (Wildman–Crippen MR) is 75.7 cm³/mol. The van der Waals surface area contributed by atoms with Gasteiger partial charge in [-0.2, -0.15) is 0 Å². The van der Waals surface area contributed by atoms with Gasteiger partial charge in [0.1, 0.15) is 0 Å². The van der Waals surface area contributed by atoms with Crippen LogP contribution in [0.1, 0.15) is 40.5 Å². The summed E-state index contributed by atoms with van der Waals surface area (Å²) in [5.74, 6) is 1.73. The maximum Gasteiger partial charge on any atom is 0.0593 e. The quantitative estimate of drug-likeness (QED) is 0.711. The molecule has 4 unspecified atom stereocenters. The number of ether oxygens (including phenoxy) is 1. The lowest BCUT2D eigenvalue weighted by Crippen LogP contribution is -2.43. The lowest BCUT2D eigenvalue weighted by atomic mass is 9.73. The molecule has 0 heterocycles. The van der Waals surface area contributed by atoms with Gasteiger partial charge in [0.25, 0.3) is 0 Å². The minimum absolute atomic E-state index is 0.120. The Bertz CT molecular complexity index is 211. The van der Waals surface area contributed by atoms with Crippen LogP contribution in [0.4, 0.5) is 0 Å². The van der Waals surface area contributed by atoms with Crippen molar-refractivity contribution in [1.82, 2.24) is 4.90 Å². The highest BCUT2D eigenvalue weighted by Gasteiger charge is 2.33. The van der Waals surface area contributed by atoms with Crippen LogP contribution in [-0.4, -0.2) is 49.0 Å². The summed E-state index contributed by atoms with van der Waals surface area (Å²) in [4.78, 5) is 2.41. The molecule has 0 radical (unpaired) electrons. The van der Waals surface area contributed by atoms with Gasteiger partial charge in [-0.15, -0.1) is 0 Å². The van der Waals surface area contributed by atoms with E-state index in [0.29, 0.717) is 17.8 Å². The van der Waals surface area contributed by atoms with Crippen LogP contribution in [0, 0.1) is 17.8 Å². The summed E-state index contributed by atoms with van der Waals surface area (Å²) < 4.78 is 5.42. The van der Waals surface area contributed by atoms with Crippen molar-refractivity contribution in [2.45, 2.75) is 46.6 Å². The van der Waals surface area contributed by atoms with Crippen LogP contribution in [0.3, 0.4) is 0 Å². The lowest BCUT2D eigenvalue weighted by Gasteiger charge is -2.39. The third-order valence-corrected chi connectivity index (χ3v) is 4.32. The molecule has 1 fully saturated rings. The van der Waals surface area contributed by atoms with Gasteiger partial charge in [-0.25, -0.2) is 0 Å². The SMILES string of the molecule is CCOCCN(CC)CC1C(C)CC(C)CC1O. The molecule has 4 atom stereocenters. The molecule has 3 heteroatoms. The molecular weight excluding hydrogens is 226 g/mol. The maximum atomic E-state index is 10.3. The Hall–Kier alpha value is -0.120. The first-order chi connectivity index (χ1) is 8.58. The molecule has 1 saturated carbocycles. The average Bonchev–Trinajstić information content (AvgIpc) is 2.31. The fraction of sp³-hybridized carbons (Fsp3) is 1.00. The van der Waals surface area contributed by atoms with E-state index < -0.39 is 0 Å². The minimum atomic E-state index is -0.120. The van der Waals surface area contributed by atoms with E-state index in [-0.39, 0.29) is 6.10 Å². The summed E-state index contributed by atoms with van der Waals surface area (Å²) in [6.45, 7) is 13.4. The molecule has 0 bridgehead atoms. The maximum absolute atomic E-state index is 10.3. The number of aliphatic hydroxyl groups is 1. The molecule has 0 amide bonds. The summed E-state index contributed by atoms with van der Waals surface area (Å²) in [5.41, 5.74) is 0. The van der Waals surface area contributed by atoms with E-state index >= 15 is 0 Å². The van der Waals surface area contributed by atoms with Crippen molar-refractivity contribution in [3.8, 4) is 0 Å². The predicted octanol–water partition coefficient (Wildman–Crippen LogP) is 2.39. The number of hydrogen-bond acceptors (Lipinski definition) is 3. The van der Waals surface area contributed by atoms with Crippen molar-refractivity contribution in [3.05, 3.63) is 0 Å². The Morgan fingerprint density at radius 2 is 1.94 bits per heavy atom. The third kappa shape index (κ3) is 4.87. The van der Waals surface area contributed by atoms with E-state index in [2.05, 4.69) is 25.7 Å². The fourth-order valence-corrected chi connectivity index (χ4v) is 3.19. The van der Waals surface area contributed by atoms with Crippen LogP contribution in [0.25, 0.3) is 0 Å². The molecule has 0 spiro atoms. The van der Waals surface area contributed by atoms with E-state index in [9.17, 15) is 5.11 Å². The van der Waals surface area contributed by atoms with Gasteiger partial charge in [0.2, 0.25) is 0 Å². The van der Waals surface area contributed by atoms with Crippen LogP contribution in [0.2, 0.25) is 0 Å². The van der Waals surface area contributed by atoms with E-state index in [1.165, 1.54) is 6.42 Å². The highest BCUT2D eigenvalue weighted by Crippen LogP contribution is 2.34. The normalized spacial score (nSPS) is 33.0. The molecule has 1 aliphatic carbocycles. The molecule has 1 rings (SSSR count). The first kappa shape index (κ1) is 15.9. The van der Waals surface area contributed by atoms with Gasteiger partial charge in [0.05, 0.1) is 12.7 Å². The Morgan fingerprint density at radius 3 is 2.50 bits per heavy atom. The zero-order valence-electron chi connectivity index (χ0n) is 12.6. The second-order valence-electron chi connectivity index (χ2n) is 5.88. The zero-order chi connectivity index (χ0) is 13.5. The summed E-state index contributed by atoms with van der Waals surface area (Å²) in [6, 6.07) is 0. The monoisotopic (exact) mass is 257 g/mol. The number of rotatable bonds is 7. The lowest BCUT2D eigenvalue weighted by molar-refractivity contribution is -0.00543. The van der Waals surface area contributed by atoms with Gasteiger partial charge >= 0.3 is 0 Å². The Kier molecular flexibility index (Phi) is 7.20. The van der Waals surface area contributed by atoms with E-state index in [0.717, 1.165) is 39.3 Å². The molecule has 0 aromatic carbocycles. The average molecular weight is 257 g/mol. The fourth-order valence-electron chi connectivity index (χ4n) is 3.19. The number of likely N-dealkylation sites (N-methyl/N-ethyl adjacent to an activating group) is 1. The van der Waals surface area contributed by atoms with Crippen LogP contribution in [0.5, 0.6) is 0 Å². The Morgan fingerprint density at radius 1 is 1.22 bits per heavy atom. The van der Waals surface area contributed by atoms with Gasteiger partial charge in [-0.3, -0.25) is 0 Å². The third-order valence-electron chi connectivity index (χ3n) is 4.32. The van der Waals surface area contributed by atoms with Crippen LogP contribution in [-0.2, 0) is 4.74 Å². The molecule has 1 aliphatic rings. The molecule has 0 aliphatic heterocycles. The smallest absolute Gasteiger partial charge is 0.0593 e. The molecule has 0 aromatic rings. The topological polar surface area (TPSA) is 32.7 Å². The van der Waals surface area contributed by atoms with Gasteiger partial charge in [-0.1, -0.05) is 20.8 Å². The summed E-state index contributed by atoms with van der Waals surface area (Å²) >= 11 is 0. The van der Waals surface area contributed by atoms with Crippen molar-refractivity contribution in [3.63, 3.8) is 0 Å². The van der Waals surface area contributed by atoms with Gasteiger partial charge < -0.3 is 14.7 Å². The van der Waals surface area contributed by atoms with Crippen molar-refractivity contribution in [1.29, 1.82) is 0 Å². The summed E-state index contributed by atoms with van der Waals surface area (Å²) in [7, 11) is 0. The van der Waals surface area contributed by atoms with Crippen molar-refractivity contribution >= 4 is 0 Å². The van der Waals surface area contributed by atoms with E-state index in [1.54, 1.807) is 0 Å². The number of hydrogen-bond donors (Lipinski definition) is 1. The first-order valence-electron chi connectivity index (χ1n) is 7.56. The molecule has 3 nitrogen and oxygen atoms in total. The highest BCUT2D eigenvalue weighted by molar-refractivity contribution is 4.84. The van der Waals surface area contributed by atoms with Crippen molar-refractivity contribution in [2.24, 2.45) is 17.8 Å². The second-order valence-corrected chi connectivity index (χ2v) is 5.88. The molecule has 0 aromatic heterocycles. The number of nitrogens with zero attached hydrogens (tertiary/aromatic N) is 1. The van der Waals surface area contributed by atoms with Gasteiger partial charge in [0.15, 0.2) is 0 Å². The zero-order valence-corrected chi connectivity index (χ0v) is 12.6.